The lowest BCUT2D eigenvalue weighted by molar-refractivity contribution is -0.228. The van der Waals surface area contributed by atoms with Gasteiger partial charge in [0.25, 0.3) is 6.43 Å². The quantitative estimate of drug-likeness (QED) is 0.266. The summed E-state index contributed by atoms with van der Waals surface area (Å²) in [5.41, 5.74) is 2.18. The van der Waals surface area contributed by atoms with Crippen molar-refractivity contribution in [1.29, 1.82) is 0 Å². The van der Waals surface area contributed by atoms with Crippen LogP contribution in [0.5, 0.6) is 11.6 Å². The third kappa shape index (κ3) is 5.82. The second kappa shape index (κ2) is 12.4. The number of halogens is 2. The number of pyridine rings is 1. The molecule has 0 saturated carbocycles. The van der Waals surface area contributed by atoms with Gasteiger partial charge in [0.2, 0.25) is 5.88 Å². The molecule has 0 aliphatic carbocycles. The van der Waals surface area contributed by atoms with E-state index in [1.807, 2.05) is 30.3 Å². The average molecular weight is 650 g/mol. The van der Waals surface area contributed by atoms with Crippen LogP contribution in [-0.2, 0) is 14.3 Å². The predicted octanol–water partition coefficient (Wildman–Crippen LogP) is 4.85. The van der Waals surface area contributed by atoms with Crippen molar-refractivity contribution in [2.75, 3.05) is 49.8 Å². The normalized spacial score (nSPS) is 22.0. The Hall–Kier alpha value is -4.82. The van der Waals surface area contributed by atoms with E-state index in [-0.39, 0.29) is 36.3 Å². The van der Waals surface area contributed by atoms with E-state index in [2.05, 4.69) is 21.8 Å². The number of benzene rings is 1. The number of carboxylic acids is 1. The van der Waals surface area contributed by atoms with Gasteiger partial charge in [-0.3, -0.25) is 0 Å². The summed E-state index contributed by atoms with van der Waals surface area (Å²) in [7, 11) is 1.61. The lowest BCUT2D eigenvalue weighted by Gasteiger charge is -2.53. The van der Waals surface area contributed by atoms with Gasteiger partial charge in [0.05, 0.1) is 45.8 Å². The molecule has 6 heterocycles. The molecule has 4 aromatic rings. The zero-order valence-electron chi connectivity index (χ0n) is 25.7. The summed E-state index contributed by atoms with van der Waals surface area (Å²) in [6, 6.07) is 13.1. The fourth-order valence-corrected chi connectivity index (χ4v) is 6.36. The second-order valence-corrected chi connectivity index (χ2v) is 11.8. The smallest absolute Gasteiger partial charge is 0.326 e. The first-order valence-corrected chi connectivity index (χ1v) is 15.2. The molecule has 0 amide bonds. The highest BCUT2D eigenvalue weighted by Crippen LogP contribution is 2.41. The van der Waals surface area contributed by atoms with Crippen LogP contribution < -0.4 is 19.3 Å². The van der Waals surface area contributed by atoms with Gasteiger partial charge in [0, 0.05) is 30.8 Å². The van der Waals surface area contributed by atoms with Gasteiger partial charge in [-0.25, -0.2) is 28.5 Å². The van der Waals surface area contributed by atoms with E-state index < -0.39 is 36.0 Å². The summed E-state index contributed by atoms with van der Waals surface area (Å²) >= 11 is 0. The molecule has 3 aliphatic rings. The standard InChI is InChI=1S/C33H33F2N5O7/c1-19-33(17-44-18-33)46-11-9-39(19)25-12-21(20-5-7-22(43-2)8-6-20)15-36-31(25)47-23-13-26(32(41)42)40(16-23)28-14-24(27-4-3-10-45-27)37-30(38-28)29(34)35/h3-8,10,12,14-15,19,23,26,29H,9,11,13,16-18H2,1-2H3,(H,41,42)/t19-,23-,26-/m0/s1. The van der Waals surface area contributed by atoms with Crippen molar-refractivity contribution < 1.29 is 42.0 Å². The Kier molecular flexibility index (Phi) is 8.14. The fourth-order valence-electron chi connectivity index (χ4n) is 6.36. The van der Waals surface area contributed by atoms with Gasteiger partial charge in [-0.05, 0) is 42.8 Å². The number of rotatable bonds is 9. The average Bonchev–Trinajstić information content (AvgIpc) is 3.76. The van der Waals surface area contributed by atoms with E-state index in [9.17, 15) is 18.7 Å². The third-order valence-corrected chi connectivity index (χ3v) is 9.03. The van der Waals surface area contributed by atoms with Crippen LogP contribution in [0.1, 0.15) is 25.6 Å². The maximum atomic E-state index is 13.9. The van der Waals surface area contributed by atoms with E-state index in [1.54, 1.807) is 25.4 Å². The van der Waals surface area contributed by atoms with Gasteiger partial charge in [-0.1, -0.05) is 12.1 Å². The molecule has 3 atom stereocenters. The van der Waals surface area contributed by atoms with Gasteiger partial charge in [0.15, 0.2) is 11.6 Å². The van der Waals surface area contributed by atoms with E-state index >= 15 is 0 Å². The molecule has 246 valence electrons. The van der Waals surface area contributed by atoms with Gasteiger partial charge >= 0.3 is 5.97 Å². The van der Waals surface area contributed by atoms with Crippen molar-refractivity contribution in [2.24, 2.45) is 0 Å². The number of hydrogen-bond acceptors (Lipinski definition) is 11. The highest BCUT2D eigenvalue weighted by atomic mass is 19.3. The molecule has 3 aromatic heterocycles. The zero-order chi connectivity index (χ0) is 32.7. The van der Waals surface area contributed by atoms with Crippen LogP contribution in [0.15, 0.2) is 65.4 Å². The van der Waals surface area contributed by atoms with E-state index in [4.69, 9.17) is 28.3 Å². The highest BCUT2D eigenvalue weighted by molar-refractivity contribution is 5.79. The van der Waals surface area contributed by atoms with Gasteiger partial charge in [0.1, 0.15) is 40.7 Å². The van der Waals surface area contributed by atoms with Gasteiger partial charge in [-0.15, -0.1) is 0 Å². The zero-order valence-corrected chi connectivity index (χ0v) is 25.7. The van der Waals surface area contributed by atoms with Crippen LogP contribution in [-0.4, -0.2) is 89.8 Å². The number of carbonyl (C=O) groups is 1. The van der Waals surface area contributed by atoms with Crippen molar-refractivity contribution in [3.63, 3.8) is 0 Å². The number of alkyl halides is 2. The molecule has 0 bridgehead atoms. The summed E-state index contributed by atoms with van der Waals surface area (Å²) in [5, 5.41) is 10.2. The van der Waals surface area contributed by atoms with E-state index in [0.717, 1.165) is 22.6 Å². The summed E-state index contributed by atoms with van der Waals surface area (Å²) < 4.78 is 56.6. The third-order valence-electron chi connectivity index (χ3n) is 9.03. The van der Waals surface area contributed by atoms with Crippen LogP contribution >= 0.6 is 0 Å². The number of anilines is 2. The molecule has 1 N–H and O–H groups in total. The number of furan rings is 1. The number of carboxylic acid groups (broad SMARTS) is 1. The van der Waals surface area contributed by atoms with Crippen LogP contribution in [0.4, 0.5) is 20.3 Å². The van der Waals surface area contributed by atoms with Crippen molar-refractivity contribution >= 4 is 17.5 Å². The Balaban J connectivity index is 1.22. The molecule has 0 unspecified atom stereocenters. The number of nitrogens with zero attached hydrogens (tertiary/aromatic N) is 5. The molecular formula is C33H33F2N5O7. The van der Waals surface area contributed by atoms with Crippen molar-refractivity contribution in [2.45, 2.75) is 43.6 Å². The molecule has 0 radical (unpaired) electrons. The molecule has 1 spiro atoms. The van der Waals surface area contributed by atoms with Crippen LogP contribution in [0.2, 0.25) is 0 Å². The first-order valence-electron chi connectivity index (χ1n) is 15.2. The minimum atomic E-state index is -2.97. The minimum Gasteiger partial charge on any atom is -0.497 e. The first-order chi connectivity index (χ1) is 22.7. The Morgan fingerprint density at radius 3 is 2.57 bits per heavy atom. The van der Waals surface area contributed by atoms with Crippen molar-refractivity contribution in [3.05, 3.63) is 66.8 Å². The van der Waals surface area contributed by atoms with Crippen molar-refractivity contribution in [1.82, 2.24) is 15.0 Å². The number of hydrogen-bond donors (Lipinski definition) is 1. The molecule has 14 heteroatoms. The SMILES string of the molecule is COc1ccc(-c2cnc(O[C@H]3C[C@@H](C(=O)O)N(c4cc(-c5ccco5)nc(C(F)F)n4)C3)c(N3CCOC4(COC4)[C@@H]3C)c2)cc1. The fraction of sp³-hybridized carbons (Fsp3) is 0.394. The predicted molar refractivity (Wildman–Crippen MR) is 165 cm³/mol. The van der Waals surface area contributed by atoms with Crippen LogP contribution in [0, 0.1) is 0 Å². The van der Waals surface area contributed by atoms with Gasteiger partial charge < -0.3 is 38.3 Å². The lowest BCUT2D eigenvalue weighted by Crippen LogP contribution is -2.68. The number of aliphatic carboxylic acids is 1. The number of morpholine rings is 1. The minimum absolute atomic E-state index is 0.0389. The summed E-state index contributed by atoms with van der Waals surface area (Å²) in [6.07, 6.45) is -0.443. The monoisotopic (exact) mass is 649 g/mol. The Labute approximate surface area is 268 Å². The maximum absolute atomic E-state index is 13.9. The summed E-state index contributed by atoms with van der Waals surface area (Å²) in [4.78, 5) is 28.8. The molecule has 3 fully saturated rings. The highest BCUT2D eigenvalue weighted by Gasteiger charge is 2.50. The molecule has 1 aromatic carbocycles. The Morgan fingerprint density at radius 2 is 1.91 bits per heavy atom. The van der Waals surface area contributed by atoms with Crippen LogP contribution in [0.25, 0.3) is 22.6 Å². The number of methoxy groups -OCH3 is 1. The van der Waals surface area contributed by atoms with E-state index in [0.29, 0.717) is 32.2 Å². The molecule has 3 aliphatic heterocycles. The second-order valence-electron chi connectivity index (χ2n) is 11.8. The Morgan fingerprint density at radius 1 is 1.11 bits per heavy atom. The summed E-state index contributed by atoms with van der Waals surface area (Å²) in [5.74, 6) is -0.503. The molecule has 47 heavy (non-hydrogen) atoms. The molecular weight excluding hydrogens is 616 g/mol. The van der Waals surface area contributed by atoms with Gasteiger partial charge in [-0.2, -0.15) is 0 Å². The molecule has 7 rings (SSSR count). The van der Waals surface area contributed by atoms with E-state index in [1.165, 1.54) is 17.2 Å². The number of aromatic nitrogens is 3. The topological polar surface area (TPSA) is 133 Å². The molecule has 3 saturated heterocycles. The number of ether oxygens (including phenoxy) is 4. The maximum Gasteiger partial charge on any atom is 0.326 e. The van der Waals surface area contributed by atoms with Crippen molar-refractivity contribution in [3.8, 4) is 34.2 Å². The summed E-state index contributed by atoms with van der Waals surface area (Å²) in [6.45, 7) is 4.15. The Bertz CT molecular complexity index is 1740. The lowest BCUT2D eigenvalue weighted by atomic mass is 9.90. The molecule has 12 nitrogen and oxygen atoms in total. The largest absolute Gasteiger partial charge is 0.497 e. The van der Waals surface area contributed by atoms with Crippen LogP contribution in [0.3, 0.4) is 0 Å². The first kappa shape index (κ1) is 30.8.